The molecule has 0 spiro atoms. The van der Waals surface area contributed by atoms with E-state index in [-0.39, 0.29) is 5.69 Å². The van der Waals surface area contributed by atoms with E-state index in [1.165, 1.54) is 20.0 Å². The molecule has 5 heteroatoms. The molecular formula is C15H23N3O2. The summed E-state index contributed by atoms with van der Waals surface area (Å²) < 4.78 is 4.69. The van der Waals surface area contributed by atoms with Crippen molar-refractivity contribution in [2.24, 2.45) is 11.8 Å². The fourth-order valence-electron chi connectivity index (χ4n) is 2.86. The Morgan fingerprint density at radius 1 is 1.40 bits per heavy atom. The molecule has 1 aromatic heterocycles. The second kappa shape index (κ2) is 6.11. The highest BCUT2D eigenvalue weighted by atomic mass is 16.5. The van der Waals surface area contributed by atoms with Gasteiger partial charge in [-0.15, -0.1) is 0 Å². The van der Waals surface area contributed by atoms with Crippen LogP contribution in [0.1, 0.15) is 43.6 Å². The third kappa shape index (κ3) is 3.21. The summed E-state index contributed by atoms with van der Waals surface area (Å²) in [5.41, 5.74) is 6.78. The summed E-state index contributed by atoms with van der Waals surface area (Å²) in [6.45, 7) is 4.53. The average molecular weight is 277 g/mol. The predicted molar refractivity (Wildman–Crippen MR) is 79.6 cm³/mol. The number of carbonyl (C=O) groups excluding carboxylic acids is 1. The van der Waals surface area contributed by atoms with E-state index < -0.39 is 5.97 Å². The molecule has 110 valence electrons. The SMILES string of the molecule is COC(=O)c1ccc(N)c(NC2CCC(C)CC2C)n1. The standard InChI is InChI=1S/C15H23N3O2/c1-9-4-6-12(10(2)8-9)17-14-11(16)5-7-13(18-14)15(19)20-3/h5,7,9-10,12H,4,6,8,16H2,1-3H3,(H,17,18). The predicted octanol–water partition coefficient (Wildman–Crippen LogP) is 2.69. The van der Waals surface area contributed by atoms with Gasteiger partial charge in [-0.05, 0) is 43.2 Å². The molecule has 1 aliphatic carbocycles. The summed E-state index contributed by atoms with van der Waals surface area (Å²) in [4.78, 5) is 15.8. The summed E-state index contributed by atoms with van der Waals surface area (Å²) >= 11 is 0. The van der Waals surface area contributed by atoms with Crippen molar-refractivity contribution in [3.05, 3.63) is 17.8 Å². The van der Waals surface area contributed by atoms with Gasteiger partial charge in [0.05, 0.1) is 12.8 Å². The van der Waals surface area contributed by atoms with Gasteiger partial charge in [-0.1, -0.05) is 13.8 Å². The van der Waals surface area contributed by atoms with Crippen molar-refractivity contribution < 1.29 is 9.53 Å². The fraction of sp³-hybridized carbons (Fsp3) is 0.600. The van der Waals surface area contributed by atoms with Crippen LogP contribution in [0.5, 0.6) is 0 Å². The third-order valence-electron chi connectivity index (χ3n) is 4.07. The highest BCUT2D eigenvalue weighted by molar-refractivity contribution is 5.88. The van der Waals surface area contributed by atoms with E-state index in [1.54, 1.807) is 12.1 Å². The molecule has 0 aliphatic heterocycles. The van der Waals surface area contributed by atoms with Crippen LogP contribution in [0.3, 0.4) is 0 Å². The van der Waals surface area contributed by atoms with Crippen LogP contribution in [0.15, 0.2) is 12.1 Å². The average Bonchev–Trinajstić information content (AvgIpc) is 2.43. The second-order valence-electron chi connectivity index (χ2n) is 5.77. The number of aromatic nitrogens is 1. The Labute approximate surface area is 119 Å². The zero-order valence-corrected chi connectivity index (χ0v) is 12.3. The van der Waals surface area contributed by atoms with Crippen molar-refractivity contribution >= 4 is 17.5 Å². The number of rotatable bonds is 3. The number of methoxy groups -OCH3 is 1. The lowest BCUT2D eigenvalue weighted by Crippen LogP contribution is -2.33. The van der Waals surface area contributed by atoms with Gasteiger partial charge in [0.2, 0.25) is 0 Å². The van der Waals surface area contributed by atoms with Gasteiger partial charge in [0, 0.05) is 6.04 Å². The number of anilines is 2. The zero-order chi connectivity index (χ0) is 14.7. The summed E-state index contributed by atoms with van der Waals surface area (Å²) in [5, 5.41) is 3.39. The summed E-state index contributed by atoms with van der Waals surface area (Å²) in [5.74, 6) is 1.48. The highest BCUT2D eigenvalue weighted by Crippen LogP contribution is 2.31. The van der Waals surface area contributed by atoms with E-state index >= 15 is 0 Å². The molecule has 3 atom stereocenters. The van der Waals surface area contributed by atoms with Crippen LogP contribution in [-0.2, 0) is 4.74 Å². The van der Waals surface area contributed by atoms with Gasteiger partial charge in [-0.2, -0.15) is 0 Å². The van der Waals surface area contributed by atoms with E-state index in [0.29, 0.717) is 23.5 Å². The Bertz CT molecular complexity index is 490. The molecule has 1 aliphatic rings. The summed E-state index contributed by atoms with van der Waals surface area (Å²) in [6.07, 6.45) is 3.51. The highest BCUT2D eigenvalue weighted by Gasteiger charge is 2.26. The minimum atomic E-state index is -0.446. The molecule has 0 aromatic carbocycles. The van der Waals surface area contributed by atoms with E-state index in [1.807, 2.05) is 0 Å². The quantitative estimate of drug-likeness (QED) is 0.831. The van der Waals surface area contributed by atoms with Crippen molar-refractivity contribution in [2.75, 3.05) is 18.2 Å². The van der Waals surface area contributed by atoms with Gasteiger partial charge in [0.15, 0.2) is 5.69 Å². The maximum atomic E-state index is 11.5. The number of hydrogen-bond acceptors (Lipinski definition) is 5. The first-order chi connectivity index (χ1) is 9.51. The molecule has 2 rings (SSSR count). The first-order valence-electron chi connectivity index (χ1n) is 7.12. The maximum Gasteiger partial charge on any atom is 0.356 e. The molecule has 1 saturated carbocycles. The van der Waals surface area contributed by atoms with Gasteiger partial charge in [0.1, 0.15) is 5.82 Å². The van der Waals surface area contributed by atoms with Gasteiger partial charge >= 0.3 is 5.97 Å². The van der Waals surface area contributed by atoms with E-state index in [0.717, 1.165) is 12.3 Å². The van der Waals surface area contributed by atoms with Crippen LogP contribution in [0.2, 0.25) is 0 Å². The Hall–Kier alpha value is -1.78. The largest absolute Gasteiger partial charge is 0.464 e. The monoisotopic (exact) mass is 277 g/mol. The van der Waals surface area contributed by atoms with Gasteiger partial charge in [-0.25, -0.2) is 9.78 Å². The normalized spacial score (nSPS) is 26.1. The molecule has 0 saturated heterocycles. The molecule has 1 heterocycles. The smallest absolute Gasteiger partial charge is 0.356 e. The Morgan fingerprint density at radius 2 is 2.15 bits per heavy atom. The number of nitrogens with two attached hydrogens (primary N) is 1. The molecular weight excluding hydrogens is 254 g/mol. The number of nitrogens with zero attached hydrogens (tertiary/aromatic N) is 1. The maximum absolute atomic E-state index is 11.5. The zero-order valence-electron chi connectivity index (χ0n) is 12.3. The lowest BCUT2D eigenvalue weighted by atomic mass is 9.80. The number of pyridine rings is 1. The van der Waals surface area contributed by atoms with Crippen LogP contribution >= 0.6 is 0 Å². The van der Waals surface area contributed by atoms with Crippen molar-refractivity contribution in [1.82, 2.24) is 4.98 Å². The van der Waals surface area contributed by atoms with E-state index in [4.69, 9.17) is 5.73 Å². The van der Waals surface area contributed by atoms with E-state index in [9.17, 15) is 4.79 Å². The molecule has 5 nitrogen and oxygen atoms in total. The number of nitrogen functional groups attached to an aromatic ring is 1. The summed E-state index contributed by atoms with van der Waals surface area (Å²) in [6, 6.07) is 3.63. The first kappa shape index (κ1) is 14.6. The van der Waals surface area contributed by atoms with E-state index in [2.05, 4.69) is 28.9 Å². The van der Waals surface area contributed by atoms with Gasteiger partial charge < -0.3 is 15.8 Å². The molecule has 1 fully saturated rings. The van der Waals surface area contributed by atoms with Gasteiger partial charge in [0.25, 0.3) is 0 Å². The lowest BCUT2D eigenvalue weighted by Gasteiger charge is -2.33. The molecule has 0 bridgehead atoms. The van der Waals surface area contributed by atoms with Crippen LogP contribution in [0.4, 0.5) is 11.5 Å². The second-order valence-corrected chi connectivity index (χ2v) is 5.77. The number of ether oxygens (including phenoxy) is 1. The van der Waals surface area contributed by atoms with Crippen molar-refractivity contribution in [3.63, 3.8) is 0 Å². The van der Waals surface area contributed by atoms with Crippen LogP contribution in [-0.4, -0.2) is 24.1 Å². The number of carbonyl (C=O) groups is 1. The van der Waals surface area contributed by atoms with Crippen LogP contribution < -0.4 is 11.1 Å². The van der Waals surface area contributed by atoms with Gasteiger partial charge in [-0.3, -0.25) is 0 Å². The van der Waals surface area contributed by atoms with Crippen LogP contribution in [0.25, 0.3) is 0 Å². The van der Waals surface area contributed by atoms with Crippen molar-refractivity contribution in [3.8, 4) is 0 Å². The summed E-state index contributed by atoms with van der Waals surface area (Å²) in [7, 11) is 1.35. The van der Waals surface area contributed by atoms with Crippen molar-refractivity contribution in [2.45, 2.75) is 39.2 Å². The third-order valence-corrected chi connectivity index (χ3v) is 4.07. The molecule has 3 unspecified atom stereocenters. The van der Waals surface area contributed by atoms with Crippen molar-refractivity contribution in [1.29, 1.82) is 0 Å². The topological polar surface area (TPSA) is 77.2 Å². The Morgan fingerprint density at radius 3 is 2.80 bits per heavy atom. The minimum absolute atomic E-state index is 0.279. The first-order valence-corrected chi connectivity index (χ1v) is 7.12. The van der Waals surface area contributed by atoms with Crippen LogP contribution in [0, 0.1) is 11.8 Å². The Balaban J connectivity index is 2.14. The Kier molecular flexibility index (Phi) is 4.47. The minimum Gasteiger partial charge on any atom is -0.464 e. The molecule has 1 aromatic rings. The number of hydrogen-bond donors (Lipinski definition) is 2. The molecule has 3 N–H and O–H groups in total. The molecule has 0 radical (unpaired) electrons. The fourth-order valence-corrected chi connectivity index (χ4v) is 2.86. The lowest BCUT2D eigenvalue weighted by molar-refractivity contribution is 0.0594. The number of esters is 1. The molecule has 0 amide bonds. The number of nitrogens with one attached hydrogen (secondary N) is 1. The molecule has 20 heavy (non-hydrogen) atoms.